The van der Waals surface area contributed by atoms with Gasteiger partial charge in [-0.2, -0.15) is 0 Å². The summed E-state index contributed by atoms with van der Waals surface area (Å²) >= 11 is 0. The van der Waals surface area contributed by atoms with Crippen molar-refractivity contribution in [2.24, 2.45) is 0 Å². The van der Waals surface area contributed by atoms with E-state index >= 15 is 0 Å². The fourth-order valence-corrected chi connectivity index (χ4v) is 3.08. The van der Waals surface area contributed by atoms with Crippen LogP contribution < -0.4 is 16.0 Å². The second-order valence-corrected chi connectivity index (χ2v) is 6.53. The summed E-state index contributed by atoms with van der Waals surface area (Å²) in [6.07, 6.45) is 0.265. The molecule has 3 rings (SSSR count). The molecule has 2 aromatic carbocycles. The molecule has 0 bridgehead atoms. The van der Waals surface area contributed by atoms with Crippen LogP contribution in [-0.4, -0.2) is 17.8 Å². The molecule has 1 unspecified atom stereocenters. The third kappa shape index (κ3) is 3.44. The van der Waals surface area contributed by atoms with Gasteiger partial charge in [0.1, 0.15) is 5.54 Å². The third-order valence-corrected chi connectivity index (χ3v) is 4.73. The lowest BCUT2D eigenvalue weighted by molar-refractivity contribution is -0.125. The molecule has 1 heterocycles. The Bertz CT molecular complexity index is 864. The van der Waals surface area contributed by atoms with Crippen molar-refractivity contribution in [2.75, 3.05) is 5.32 Å². The van der Waals surface area contributed by atoms with Crippen molar-refractivity contribution in [1.82, 2.24) is 10.6 Å². The normalized spacial score (nSPS) is 19.0. The van der Waals surface area contributed by atoms with E-state index < -0.39 is 17.5 Å². The zero-order chi connectivity index (χ0) is 18.7. The van der Waals surface area contributed by atoms with Crippen LogP contribution in [0.15, 0.2) is 48.5 Å². The van der Waals surface area contributed by atoms with E-state index in [2.05, 4.69) is 16.0 Å². The van der Waals surface area contributed by atoms with Gasteiger partial charge in [0.05, 0.1) is 0 Å². The lowest BCUT2D eigenvalue weighted by atomic mass is 9.85. The zero-order valence-electron chi connectivity index (χ0n) is 14.8. The third-order valence-electron chi connectivity index (χ3n) is 4.73. The fraction of sp³-hybridized carbons (Fsp3) is 0.250. The summed E-state index contributed by atoms with van der Waals surface area (Å²) in [7, 11) is 0. The first-order chi connectivity index (χ1) is 12.4. The van der Waals surface area contributed by atoms with Gasteiger partial charge in [-0.25, -0.2) is 4.79 Å². The topological polar surface area (TPSA) is 87.3 Å². The van der Waals surface area contributed by atoms with Gasteiger partial charge in [-0.3, -0.25) is 14.9 Å². The molecule has 6 nitrogen and oxygen atoms in total. The number of urea groups is 1. The maximum Gasteiger partial charge on any atom is 0.322 e. The summed E-state index contributed by atoms with van der Waals surface area (Å²) in [6, 6.07) is 14.1. The highest BCUT2D eigenvalue weighted by Gasteiger charge is 2.47. The number of benzene rings is 2. The molecule has 1 aliphatic rings. The number of nitrogens with one attached hydrogen (secondary N) is 3. The number of carbonyl (C=O) groups excluding carboxylic acids is 3. The van der Waals surface area contributed by atoms with Crippen molar-refractivity contribution in [3.63, 3.8) is 0 Å². The molecule has 134 valence electrons. The quantitative estimate of drug-likeness (QED) is 0.724. The van der Waals surface area contributed by atoms with Crippen LogP contribution in [0.1, 0.15) is 29.5 Å². The van der Waals surface area contributed by atoms with Gasteiger partial charge >= 0.3 is 6.03 Å². The Hall–Kier alpha value is -3.15. The van der Waals surface area contributed by atoms with Crippen LogP contribution in [-0.2, 0) is 15.1 Å². The molecule has 0 radical (unpaired) electrons. The minimum atomic E-state index is -1.22. The molecule has 1 fully saturated rings. The Kier molecular flexibility index (Phi) is 4.75. The lowest BCUT2D eigenvalue weighted by Gasteiger charge is -2.26. The monoisotopic (exact) mass is 351 g/mol. The molecule has 6 heteroatoms. The Balaban J connectivity index is 1.74. The maximum absolute atomic E-state index is 12.4. The number of amides is 4. The van der Waals surface area contributed by atoms with Crippen LogP contribution in [0, 0.1) is 13.8 Å². The SMILES string of the molecule is Cc1ccc(NC(=O)CCC2(c3ccccc3)NC(=O)NC2=O)cc1C. The van der Waals surface area contributed by atoms with E-state index in [-0.39, 0.29) is 18.7 Å². The number of hydrogen-bond donors (Lipinski definition) is 3. The molecule has 0 saturated carbocycles. The first-order valence-corrected chi connectivity index (χ1v) is 8.47. The highest BCUT2D eigenvalue weighted by molar-refractivity contribution is 6.07. The molecule has 1 saturated heterocycles. The zero-order valence-corrected chi connectivity index (χ0v) is 14.8. The lowest BCUT2D eigenvalue weighted by Crippen LogP contribution is -2.44. The maximum atomic E-state index is 12.4. The van der Waals surface area contributed by atoms with Crippen LogP contribution in [0.4, 0.5) is 10.5 Å². The smallest absolute Gasteiger partial charge is 0.322 e. The van der Waals surface area contributed by atoms with E-state index in [1.54, 1.807) is 24.3 Å². The van der Waals surface area contributed by atoms with Crippen LogP contribution >= 0.6 is 0 Å². The van der Waals surface area contributed by atoms with Gasteiger partial charge in [-0.15, -0.1) is 0 Å². The summed E-state index contributed by atoms with van der Waals surface area (Å²) in [5.74, 6) is -0.648. The van der Waals surface area contributed by atoms with Gasteiger partial charge < -0.3 is 10.6 Å². The fourth-order valence-electron chi connectivity index (χ4n) is 3.08. The second-order valence-electron chi connectivity index (χ2n) is 6.53. The number of aryl methyl sites for hydroxylation is 2. The van der Waals surface area contributed by atoms with E-state index in [0.717, 1.165) is 11.1 Å². The molecule has 0 spiro atoms. The molecule has 1 aliphatic heterocycles. The molecule has 4 amide bonds. The Labute approximate surface area is 152 Å². The van der Waals surface area contributed by atoms with E-state index in [0.29, 0.717) is 11.3 Å². The molecule has 1 atom stereocenters. The number of hydrogen-bond acceptors (Lipinski definition) is 3. The molecule has 0 aromatic heterocycles. The Morgan fingerprint density at radius 1 is 1.04 bits per heavy atom. The number of carbonyl (C=O) groups is 3. The number of anilines is 1. The first-order valence-electron chi connectivity index (χ1n) is 8.47. The summed E-state index contributed by atoms with van der Waals surface area (Å²) in [6.45, 7) is 3.99. The molecular weight excluding hydrogens is 330 g/mol. The average Bonchev–Trinajstić information content (AvgIpc) is 2.92. The van der Waals surface area contributed by atoms with Crippen molar-refractivity contribution in [3.8, 4) is 0 Å². The van der Waals surface area contributed by atoms with Crippen LogP contribution in [0.5, 0.6) is 0 Å². The van der Waals surface area contributed by atoms with Gasteiger partial charge in [-0.1, -0.05) is 36.4 Å². The highest BCUT2D eigenvalue weighted by atomic mass is 16.2. The molecule has 2 aromatic rings. The van der Waals surface area contributed by atoms with Crippen LogP contribution in [0.3, 0.4) is 0 Å². The Morgan fingerprint density at radius 3 is 2.38 bits per heavy atom. The largest absolute Gasteiger partial charge is 0.326 e. The Morgan fingerprint density at radius 2 is 1.77 bits per heavy atom. The summed E-state index contributed by atoms with van der Waals surface area (Å²) in [5.41, 5.74) is 2.38. The number of imide groups is 1. The van der Waals surface area contributed by atoms with E-state index in [1.165, 1.54) is 0 Å². The van der Waals surface area contributed by atoms with Gasteiger partial charge in [0.25, 0.3) is 5.91 Å². The second kappa shape index (κ2) is 7.00. The van der Waals surface area contributed by atoms with Crippen molar-refractivity contribution in [2.45, 2.75) is 32.2 Å². The van der Waals surface area contributed by atoms with Crippen LogP contribution in [0.25, 0.3) is 0 Å². The van der Waals surface area contributed by atoms with E-state index in [9.17, 15) is 14.4 Å². The summed E-state index contributed by atoms with van der Waals surface area (Å²) in [4.78, 5) is 36.5. The van der Waals surface area contributed by atoms with Gasteiger partial charge in [0.15, 0.2) is 0 Å². The minimum Gasteiger partial charge on any atom is -0.326 e. The summed E-state index contributed by atoms with van der Waals surface area (Å²) < 4.78 is 0. The van der Waals surface area contributed by atoms with E-state index in [1.807, 2.05) is 38.1 Å². The molecule has 3 N–H and O–H groups in total. The standard InChI is InChI=1S/C20H21N3O3/c1-13-8-9-16(12-14(13)2)21-17(24)10-11-20(15-6-4-3-5-7-15)18(25)22-19(26)23-20/h3-9,12H,10-11H2,1-2H3,(H,21,24)(H2,22,23,25,26). The molecule has 26 heavy (non-hydrogen) atoms. The molecule has 0 aliphatic carbocycles. The minimum absolute atomic E-state index is 0.0928. The van der Waals surface area contributed by atoms with Crippen molar-refractivity contribution >= 4 is 23.5 Å². The summed E-state index contributed by atoms with van der Waals surface area (Å²) in [5, 5.41) is 7.81. The number of rotatable bonds is 5. The first kappa shape index (κ1) is 17.7. The van der Waals surface area contributed by atoms with Crippen LogP contribution in [0.2, 0.25) is 0 Å². The predicted molar refractivity (Wildman–Crippen MR) is 98.6 cm³/mol. The van der Waals surface area contributed by atoms with Crippen molar-refractivity contribution < 1.29 is 14.4 Å². The highest BCUT2D eigenvalue weighted by Crippen LogP contribution is 2.30. The van der Waals surface area contributed by atoms with Crippen molar-refractivity contribution in [1.29, 1.82) is 0 Å². The average molecular weight is 351 g/mol. The predicted octanol–water partition coefficient (Wildman–Crippen LogP) is 2.76. The molecular formula is C20H21N3O3. The van der Waals surface area contributed by atoms with Crippen molar-refractivity contribution in [3.05, 3.63) is 65.2 Å². The van der Waals surface area contributed by atoms with Gasteiger partial charge in [0, 0.05) is 12.1 Å². The van der Waals surface area contributed by atoms with Gasteiger partial charge in [0.2, 0.25) is 5.91 Å². The van der Waals surface area contributed by atoms with E-state index in [4.69, 9.17) is 0 Å². The van der Waals surface area contributed by atoms with Gasteiger partial charge in [-0.05, 0) is 49.1 Å².